The summed E-state index contributed by atoms with van der Waals surface area (Å²) in [6, 6.07) is 14.4. The Hall–Kier alpha value is -2.66. The van der Waals surface area contributed by atoms with Gasteiger partial charge in [-0.25, -0.2) is 4.98 Å². The second-order valence-corrected chi connectivity index (χ2v) is 6.78. The molecule has 3 aromatic heterocycles. The number of nitrogens with one attached hydrogen (secondary N) is 1. The van der Waals surface area contributed by atoms with Gasteiger partial charge in [-0.2, -0.15) is 5.10 Å². The summed E-state index contributed by atoms with van der Waals surface area (Å²) in [5.74, 6) is 0.850. The summed E-state index contributed by atoms with van der Waals surface area (Å²) in [6.45, 7) is 4.73. The average Bonchev–Trinajstić information content (AvgIpc) is 3.22. The van der Waals surface area contributed by atoms with Gasteiger partial charge in [0.25, 0.3) is 0 Å². The van der Waals surface area contributed by atoms with Crippen LogP contribution in [0, 0.1) is 6.92 Å². The van der Waals surface area contributed by atoms with Crippen molar-refractivity contribution in [3.8, 4) is 27.4 Å². The number of fused-ring (bicyclic) bond motifs is 1. The molecule has 0 unspecified atom stereocenters. The summed E-state index contributed by atoms with van der Waals surface area (Å²) in [4.78, 5) is 6.92. The van der Waals surface area contributed by atoms with E-state index in [-0.39, 0.29) is 0 Å². The molecule has 0 fully saturated rings. The molecule has 0 aliphatic carbocycles. The molecule has 0 aliphatic rings. The molecule has 1 N–H and O–H groups in total. The number of aryl methyl sites for hydroxylation is 1. The van der Waals surface area contributed by atoms with Gasteiger partial charge in [-0.05, 0) is 44.2 Å². The van der Waals surface area contributed by atoms with Crippen LogP contribution >= 0.6 is 11.3 Å². The molecule has 3 heterocycles. The molecule has 0 saturated heterocycles. The number of para-hydroxylation sites is 1. The summed E-state index contributed by atoms with van der Waals surface area (Å²) in [5.41, 5.74) is 3.82. The lowest BCUT2D eigenvalue weighted by Crippen LogP contribution is -1.94. The number of hydrogen-bond acceptors (Lipinski definition) is 4. The van der Waals surface area contributed by atoms with E-state index in [0.717, 1.165) is 33.6 Å². The first-order chi connectivity index (χ1) is 11.8. The van der Waals surface area contributed by atoms with E-state index in [4.69, 9.17) is 4.74 Å². The monoisotopic (exact) mass is 335 g/mol. The molecule has 0 radical (unpaired) electrons. The predicted molar refractivity (Wildman–Crippen MR) is 98.5 cm³/mol. The third-order valence-corrected chi connectivity index (χ3v) is 4.95. The molecule has 4 rings (SSSR count). The predicted octanol–water partition coefficient (Wildman–Crippen LogP) is 5.06. The third-order valence-electron chi connectivity index (χ3n) is 3.92. The summed E-state index contributed by atoms with van der Waals surface area (Å²) in [7, 11) is 0. The highest BCUT2D eigenvalue weighted by Gasteiger charge is 2.17. The molecule has 0 aliphatic heterocycles. The summed E-state index contributed by atoms with van der Waals surface area (Å²) < 4.78 is 5.79. The zero-order chi connectivity index (χ0) is 16.5. The van der Waals surface area contributed by atoms with Gasteiger partial charge in [0.1, 0.15) is 5.75 Å². The Morgan fingerprint density at radius 3 is 2.75 bits per heavy atom. The van der Waals surface area contributed by atoms with Crippen molar-refractivity contribution in [2.24, 2.45) is 0 Å². The minimum atomic E-state index is 0.623. The molecule has 4 aromatic rings. The van der Waals surface area contributed by atoms with Crippen LogP contribution < -0.4 is 4.74 Å². The number of thiophene rings is 1. The smallest absolute Gasteiger partial charge is 0.182 e. The minimum absolute atomic E-state index is 0.623. The van der Waals surface area contributed by atoms with E-state index in [2.05, 4.69) is 40.3 Å². The zero-order valence-electron chi connectivity index (χ0n) is 13.5. The molecule has 120 valence electrons. The van der Waals surface area contributed by atoms with Crippen molar-refractivity contribution in [3.63, 3.8) is 0 Å². The lowest BCUT2D eigenvalue weighted by molar-refractivity contribution is 0.341. The van der Waals surface area contributed by atoms with Gasteiger partial charge < -0.3 is 4.74 Å². The maximum atomic E-state index is 5.79. The quantitative estimate of drug-likeness (QED) is 0.567. The highest BCUT2D eigenvalue weighted by molar-refractivity contribution is 7.15. The van der Waals surface area contributed by atoms with Crippen LogP contribution in [0.5, 0.6) is 5.75 Å². The van der Waals surface area contributed by atoms with E-state index in [1.165, 1.54) is 9.75 Å². The van der Waals surface area contributed by atoms with Crippen LogP contribution in [-0.4, -0.2) is 21.8 Å². The molecule has 0 atom stereocenters. The highest BCUT2D eigenvalue weighted by Crippen LogP contribution is 2.39. The normalized spacial score (nSPS) is 11.1. The number of hydrogen-bond donors (Lipinski definition) is 1. The lowest BCUT2D eigenvalue weighted by atomic mass is 10.0. The van der Waals surface area contributed by atoms with Gasteiger partial charge in [-0.3, -0.25) is 5.10 Å². The fourth-order valence-corrected chi connectivity index (χ4v) is 3.78. The minimum Gasteiger partial charge on any atom is -0.493 e. The standard InChI is InChI=1S/C19H17N3OS/c1-3-23-15-7-5-4-6-13(15)18-17-14(16-9-8-12(2)24-16)10-11-20-19(17)22-21-18/h4-11H,3H2,1-2H3,(H,20,21,22). The van der Waals surface area contributed by atoms with Crippen molar-refractivity contribution in [1.82, 2.24) is 15.2 Å². The van der Waals surface area contributed by atoms with Gasteiger partial charge in [0.2, 0.25) is 0 Å². The number of benzene rings is 1. The number of rotatable bonds is 4. The van der Waals surface area contributed by atoms with Gasteiger partial charge >= 0.3 is 0 Å². The summed E-state index contributed by atoms with van der Waals surface area (Å²) in [6.07, 6.45) is 1.81. The van der Waals surface area contributed by atoms with Crippen LogP contribution in [0.15, 0.2) is 48.7 Å². The van der Waals surface area contributed by atoms with Crippen molar-refractivity contribution < 1.29 is 4.74 Å². The number of nitrogens with zero attached hydrogens (tertiary/aromatic N) is 2. The third kappa shape index (κ3) is 2.47. The number of aromatic nitrogens is 3. The Labute approximate surface area is 144 Å². The van der Waals surface area contributed by atoms with Crippen LogP contribution in [0.1, 0.15) is 11.8 Å². The van der Waals surface area contributed by atoms with Crippen LogP contribution in [0.2, 0.25) is 0 Å². The molecular formula is C19H17N3OS. The Kier molecular flexibility index (Phi) is 3.78. The summed E-state index contributed by atoms with van der Waals surface area (Å²) in [5, 5.41) is 8.59. The Bertz CT molecular complexity index is 1000. The number of ether oxygens (including phenoxy) is 1. The second kappa shape index (κ2) is 6.09. The fraction of sp³-hybridized carbons (Fsp3) is 0.158. The van der Waals surface area contributed by atoms with E-state index < -0.39 is 0 Å². The first kappa shape index (κ1) is 14.9. The topological polar surface area (TPSA) is 50.8 Å². The van der Waals surface area contributed by atoms with Crippen molar-refractivity contribution in [2.75, 3.05) is 6.61 Å². The molecule has 0 saturated carbocycles. The van der Waals surface area contributed by atoms with Gasteiger partial charge in [0.15, 0.2) is 5.65 Å². The lowest BCUT2D eigenvalue weighted by Gasteiger charge is -2.09. The SMILES string of the molecule is CCOc1ccccc1-c1[nH]nc2nccc(-c3ccc(C)s3)c12. The van der Waals surface area contributed by atoms with E-state index in [9.17, 15) is 0 Å². The molecule has 5 heteroatoms. The fourth-order valence-electron chi connectivity index (χ4n) is 2.88. The maximum Gasteiger partial charge on any atom is 0.182 e. The van der Waals surface area contributed by atoms with Crippen LogP contribution in [0.3, 0.4) is 0 Å². The molecule has 1 aromatic carbocycles. The Morgan fingerprint density at radius 2 is 1.96 bits per heavy atom. The van der Waals surface area contributed by atoms with Crippen molar-refractivity contribution in [2.45, 2.75) is 13.8 Å². The summed E-state index contributed by atoms with van der Waals surface area (Å²) >= 11 is 1.78. The Morgan fingerprint density at radius 1 is 1.08 bits per heavy atom. The van der Waals surface area contributed by atoms with E-state index in [1.807, 2.05) is 37.4 Å². The van der Waals surface area contributed by atoms with Gasteiger partial charge in [0, 0.05) is 27.1 Å². The molecule has 0 amide bonds. The number of H-pyrrole nitrogens is 1. The number of pyridine rings is 1. The Balaban J connectivity index is 1.98. The largest absolute Gasteiger partial charge is 0.493 e. The van der Waals surface area contributed by atoms with E-state index in [1.54, 1.807) is 11.3 Å². The van der Waals surface area contributed by atoms with Crippen molar-refractivity contribution >= 4 is 22.4 Å². The van der Waals surface area contributed by atoms with Crippen LogP contribution in [-0.2, 0) is 0 Å². The van der Waals surface area contributed by atoms with Gasteiger partial charge in [0.05, 0.1) is 17.7 Å². The van der Waals surface area contributed by atoms with E-state index >= 15 is 0 Å². The van der Waals surface area contributed by atoms with Crippen molar-refractivity contribution in [1.29, 1.82) is 0 Å². The van der Waals surface area contributed by atoms with Gasteiger partial charge in [-0.15, -0.1) is 11.3 Å². The number of aromatic amines is 1. The first-order valence-electron chi connectivity index (χ1n) is 7.90. The van der Waals surface area contributed by atoms with Crippen LogP contribution in [0.25, 0.3) is 32.7 Å². The maximum absolute atomic E-state index is 5.79. The first-order valence-corrected chi connectivity index (χ1v) is 8.71. The van der Waals surface area contributed by atoms with Gasteiger partial charge in [-0.1, -0.05) is 12.1 Å². The molecule has 4 nitrogen and oxygen atoms in total. The zero-order valence-corrected chi connectivity index (χ0v) is 14.4. The molecular weight excluding hydrogens is 318 g/mol. The second-order valence-electron chi connectivity index (χ2n) is 5.50. The molecule has 24 heavy (non-hydrogen) atoms. The highest BCUT2D eigenvalue weighted by atomic mass is 32.1. The molecule has 0 spiro atoms. The van der Waals surface area contributed by atoms with E-state index in [0.29, 0.717) is 6.61 Å². The average molecular weight is 335 g/mol. The van der Waals surface area contributed by atoms with Crippen molar-refractivity contribution in [3.05, 3.63) is 53.5 Å². The van der Waals surface area contributed by atoms with Crippen LogP contribution in [0.4, 0.5) is 0 Å². The molecule has 0 bridgehead atoms.